The number of para-hydroxylation sites is 1. The second-order valence-corrected chi connectivity index (χ2v) is 4.74. The van der Waals surface area contributed by atoms with E-state index >= 15 is 0 Å². The van der Waals surface area contributed by atoms with Gasteiger partial charge in [-0.05, 0) is 32.4 Å². The molecule has 1 atom stereocenters. The number of benzene rings is 1. The van der Waals surface area contributed by atoms with Crippen LogP contribution in [0.2, 0.25) is 0 Å². The molecule has 2 rings (SSSR count). The third kappa shape index (κ3) is 3.58. The molecular weight excluding hydrogens is 238 g/mol. The highest BCUT2D eigenvalue weighted by Gasteiger charge is 2.10. The van der Waals surface area contributed by atoms with Crippen molar-refractivity contribution in [1.29, 1.82) is 0 Å². The zero-order chi connectivity index (χ0) is 13.7. The van der Waals surface area contributed by atoms with Gasteiger partial charge in [0, 0.05) is 31.6 Å². The molecule has 0 bridgehead atoms. The van der Waals surface area contributed by atoms with Gasteiger partial charge in [-0.15, -0.1) is 0 Å². The summed E-state index contributed by atoms with van der Waals surface area (Å²) in [4.78, 5) is 4.55. The normalized spacial score (nSPS) is 12.4. The fraction of sp³-hybridized carbons (Fsp3) is 0.400. The Balaban J connectivity index is 2.17. The first kappa shape index (κ1) is 13.6. The van der Waals surface area contributed by atoms with Gasteiger partial charge < -0.3 is 10.1 Å². The number of hydrogen-bond donors (Lipinski definition) is 1. The predicted octanol–water partition coefficient (Wildman–Crippen LogP) is 3.02. The number of aryl methyl sites for hydroxylation is 1. The van der Waals surface area contributed by atoms with Crippen LogP contribution in [0.3, 0.4) is 0 Å². The second kappa shape index (κ2) is 6.38. The van der Waals surface area contributed by atoms with Gasteiger partial charge in [-0.1, -0.05) is 18.2 Å². The van der Waals surface area contributed by atoms with Gasteiger partial charge in [0.2, 0.25) is 5.95 Å². The maximum absolute atomic E-state index is 5.10. The summed E-state index contributed by atoms with van der Waals surface area (Å²) in [6, 6.07) is 10.6. The quantitative estimate of drug-likeness (QED) is 0.866. The van der Waals surface area contributed by atoms with E-state index in [1.54, 1.807) is 7.11 Å². The zero-order valence-electron chi connectivity index (χ0n) is 11.8. The summed E-state index contributed by atoms with van der Waals surface area (Å²) in [7, 11) is 1.72. The predicted molar refractivity (Wildman–Crippen MR) is 77.9 cm³/mol. The van der Waals surface area contributed by atoms with Crippen LogP contribution in [-0.2, 0) is 4.74 Å². The van der Waals surface area contributed by atoms with Gasteiger partial charge >= 0.3 is 0 Å². The van der Waals surface area contributed by atoms with Crippen LogP contribution >= 0.6 is 0 Å². The van der Waals surface area contributed by atoms with Gasteiger partial charge in [-0.3, -0.25) is 4.57 Å². The van der Waals surface area contributed by atoms with Crippen molar-refractivity contribution in [3.05, 3.63) is 42.2 Å². The van der Waals surface area contributed by atoms with E-state index in [-0.39, 0.29) is 0 Å². The van der Waals surface area contributed by atoms with Gasteiger partial charge in [-0.25, -0.2) is 4.98 Å². The number of rotatable bonds is 6. The number of methoxy groups -OCH3 is 1. The summed E-state index contributed by atoms with van der Waals surface area (Å²) in [5, 5.41) is 3.44. The molecule has 0 amide bonds. The minimum Gasteiger partial charge on any atom is -0.385 e. The first-order valence-corrected chi connectivity index (χ1v) is 6.57. The van der Waals surface area contributed by atoms with E-state index in [1.165, 1.54) is 0 Å². The molecule has 2 aromatic rings. The first-order chi connectivity index (χ1) is 9.20. The molecule has 0 aliphatic carbocycles. The summed E-state index contributed by atoms with van der Waals surface area (Å²) in [6.07, 6.45) is 3.00. The second-order valence-electron chi connectivity index (χ2n) is 4.74. The van der Waals surface area contributed by atoms with E-state index in [9.17, 15) is 0 Å². The lowest BCUT2D eigenvalue weighted by molar-refractivity contribution is 0.191. The minimum absolute atomic E-state index is 0.323. The number of aromatic nitrogens is 2. The molecule has 1 heterocycles. The van der Waals surface area contributed by atoms with Crippen LogP contribution < -0.4 is 5.32 Å². The molecule has 0 aliphatic rings. The zero-order valence-corrected chi connectivity index (χ0v) is 11.8. The summed E-state index contributed by atoms with van der Waals surface area (Å²) < 4.78 is 7.19. The minimum atomic E-state index is 0.323. The lowest BCUT2D eigenvalue weighted by Crippen LogP contribution is -2.19. The summed E-state index contributed by atoms with van der Waals surface area (Å²) in [5.74, 6) is 0.882. The number of nitrogens with one attached hydrogen (secondary N) is 1. The van der Waals surface area contributed by atoms with Crippen LogP contribution in [0.25, 0.3) is 5.69 Å². The molecular formula is C15H21N3O. The molecule has 0 fully saturated rings. The van der Waals surface area contributed by atoms with E-state index in [2.05, 4.69) is 33.9 Å². The van der Waals surface area contributed by atoms with Gasteiger partial charge in [0.05, 0.1) is 5.69 Å². The van der Waals surface area contributed by atoms with Crippen molar-refractivity contribution < 1.29 is 4.74 Å². The smallest absolute Gasteiger partial charge is 0.207 e. The SMILES string of the molecule is COCCC(C)Nc1nc(C)cn1-c1ccccc1. The molecule has 4 heteroatoms. The summed E-state index contributed by atoms with van der Waals surface area (Å²) >= 11 is 0. The highest BCUT2D eigenvalue weighted by atomic mass is 16.5. The van der Waals surface area contributed by atoms with Crippen LogP contribution in [-0.4, -0.2) is 29.3 Å². The van der Waals surface area contributed by atoms with Gasteiger partial charge in [0.15, 0.2) is 0 Å². The largest absolute Gasteiger partial charge is 0.385 e. The molecule has 19 heavy (non-hydrogen) atoms. The Morgan fingerprint density at radius 1 is 1.32 bits per heavy atom. The number of nitrogens with zero attached hydrogens (tertiary/aromatic N) is 2. The monoisotopic (exact) mass is 259 g/mol. The lowest BCUT2D eigenvalue weighted by Gasteiger charge is -2.15. The Bertz CT molecular complexity index is 507. The van der Waals surface area contributed by atoms with Gasteiger partial charge in [0.1, 0.15) is 0 Å². The van der Waals surface area contributed by atoms with E-state index in [0.717, 1.165) is 30.4 Å². The molecule has 1 aromatic carbocycles. The molecule has 0 saturated heterocycles. The number of hydrogen-bond acceptors (Lipinski definition) is 3. The Kier molecular flexibility index (Phi) is 4.58. The molecule has 0 spiro atoms. The molecule has 1 unspecified atom stereocenters. The Labute approximate surface area is 114 Å². The highest BCUT2D eigenvalue weighted by molar-refractivity contribution is 5.43. The van der Waals surface area contributed by atoms with Crippen LogP contribution in [0.4, 0.5) is 5.95 Å². The van der Waals surface area contributed by atoms with Gasteiger partial charge in [0.25, 0.3) is 0 Å². The molecule has 0 aliphatic heterocycles. The van der Waals surface area contributed by atoms with Crippen LogP contribution in [0.5, 0.6) is 0 Å². The van der Waals surface area contributed by atoms with Crippen LogP contribution in [0.1, 0.15) is 19.0 Å². The average molecular weight is 259 g/mol. The molecule has 1 aromatic heterocycles. The van der Waals surface area contributed by atoms with E-state index in [0.29, 0.717) is 6.04 Å². The molecule has 0 radical (unpaired) electrons. The van der Waals surface area contributed by atoms with E-state index in [4.69, 9.17) is 4.74 Å². The van der Waals surface area contributed by atoms with Crippen molar-refractivity contribution in [2.75, 3.05) is 19.0 Å². The van der Waals surface area contributed by atoms with Crippen molar-refractivity contribution in [3.63, 3.8) is 0 Å². The number of imidazole rings is 1. The number of anilines is 1. The molecule has 102 valence electrons. The Morgan fingerprint density at radius 3 is 2.74 bits per heavy atom. The fourth-order valence-electron chi connectivity index (χ4n) is 1.97. The first-order valence-electron chi connectivity index (χ1n) is 6.57. The Morgan fingerprint density at radius 2 is 2.05 bits per heavy atom. The standard InChI is InChI=1S/C15H21N3O/c1-12(9-10-19-3)16-15-17-13(2)11-18(15)14-7-5-4-6-8-14/h4-8,11-12H,9-10H2,1-3H3,(H,16,17). The van der Waals surface area contributed by atoms with Gasteiger partial charge in [-0.2, -0.15) is 0 Å². The van der Waals surface area contributed by atoms with Crippen molar-refractivity contribution in [1.82, 2.24) is 9.55 Å². The third-order valence-corrected chi connectivity index (χ3v) is 2.99. The molecule has 4 nitrogen and oxygen atoms in total. The summed E-state index contributed by atoms with van der Waals surface area (Å²) in [6.45, 7) is 4.89. The third-order valence-electron chi connectivity index (χ3n) is 2.99. The Hall–Kier alpha value is -1.81. The van der Waals surface area contributed by atoms with Crippen molar-refractivity contribution >= 4 is 5.95 Å². The van der Waals surface area contributed by atoms with Crippen molar-refractivity contribution in [3.8, 4) is 5.69 Å². The van der Waals surface area contributed by atoms with E-state index in [1.807, 2.05) is 31.3 Å². The number of ether oxygens (including phenoxy) is 1. The van der Waals surface area contributed by atoms with Crippen LogP contribution in [0, 0.1) is 6.92 Å². The highest BCUT2D eigenvalue weighted by Crippen LogP contribution is 2.17. The maximum atomic E-state index is 5.10. The summed E-state index contributed by atoms with van der Waals surface area (Å²) in [5.41, 5.74) is 2.12. The molecule has 1 N–H and O–H groups in total. The topological polar surface area (TPSA) is 39.1 Å². The lowest BCUT2D eigenvalue weighted by atomic mass is 10.2. The van der Waals surface area contributed by atoms with E-state index < -0.39 is 0 Å². The van der Waals surface area contributed by atoms with Crippen LogP contribution in [0.15, 0.2) is 36.5 Å². The van der Waals surface area contributed by atoms with Crippen molar-refractivity contribution in [2.24, 2.45) is 0 Å². The fourth-order valence-corrected chi connectivity index (χ4v) is 1.97. The average Bonchev–Trinajstić information content (AvgIpc) is 2.78. The maximum Gasteiger partial charge on any atom is 0.207 e. The molecule has 0 saturated carbocycles. The van der Waals surface area contributed by atoms with Crippen molar-refractivity contribution in [2.45, 2.75) is 26.3 Å².